The van der Waals surface area contributed by atoms with E-state index in [0.29, 0.717) is 5.82 Å². The fourth-order valence-electron chi connectivity index (χ4n) is 5.70. The van der Waals surface area contributed by atoms with Crippen molar-refractivity contribution in [2.45, 2.75) is 38.6 Å². The van der Waals surface area contributed by atoms with Gasteiger partial charge in [0, 0.05) is 28.8 Å². The molecular weight excluding hydrogens is 488 g/mol. The highest BCUT2D eigenvalue weighted by Gasteiger charge is 2.22. The van der Waals surface area contributed by atoms with Gasteiger partial charge in [0.1, 0.15) is 11.8 Å². The van der Waals surface area contributed by atoms with E-state index in [-0.39, 0.29) is 11.8 Å². The number of carbonyl (C=O) groups excluding carboxylic acids is 1. The normalized spacial score (nSPS) is 14.9. The first-order valence-corrected chi connectivity index (χ1v) is 13.7. The van der Waals surface area contributed by atoms with E-state index in [2.05, 4.69) is 57.6 Å². The molecule has 1 fully saturated rings. The molecule has 0 bridgehead atoms. The van der Waals surface area contributed by atoms with Gasteiger partial charge in [0.2, 0.25) is 5.91 Å². The second-order valence-corrected chi connectivity index (χ2v) is 10.5. The standard InChI is InChI=1S/C30H34N8O/c31-29-28-26(23-9-10-24-19-37(35-27(24)16-23)18-21-6-2-1-3-7-21)17-25(38(28)34-20-33-29)8-4-5-13-36-14-11-22(12-15-36)30(32)39/h1-3,6-7,9-10,16-17,19-20,22H,4-5,8,11-15,18H2,(H2,32,39)(H2,31,33,34). The molecule has 1 saturated heterocycles. The Bertz CT molecular complexity index is 1600. The Morgan fingerprint density at radius 3 is 2.64 bits per heavy atom. The quantitative estimate of drug-likeness (QED) is 0.283. The van der Waals surface area contributed by atoms with Crippen LogP contribution in [0.1, 0.15) is 36.9 Å². The summed E-state index contributed by atoms with van der Waals surface area (Å²) in [5.41, 5.74) is 18.0. The van der Waals surface area contributed by atoms with Crippen molar-refractivity contribution in [1.29, 1.82) is 0 Å². The monoisotopic (exact) mass is 522 g/mol. The number of hydrogen-bond acceptors (Lipinski definition) is 6. The summed E-state index contributed by atoms with van der Waals surface area (Å²) < 4.78 is 3.93. The smallest absolute Gasteiger partial charge is 0.220 e. The maximum absolute atomic E-state index is 11.4. The Morgan fingerprint density at radius 1 is 1.03 bits per heavy atom. The molecule has 0 aliphatic carbocycles. The second kappa shape index (κ2) is 10.9. The molecule has 9 heteroatoms. The molecule has 0 spiro atoms. The number of hydrogen-bond donors (Lipinski definition) is 2. The molecule has 0 atom stereocenters. The third-order valence-corrected chi connectivity index (χ3v) is 7.86. The van der Waals surface area contributed by atoms with Gasteiger partial charge in [0.15, 0.2) is 5.82 Å². The highest BCUT2D eigenvalue weighted by atomic mass is 16.1. The van der Waals surface area contributed by atoms with Crippen LogP contribution >= 0.6 is 0 Å². The lowest BCUT2D eigenvalue weighted by atomic mass is 9.96. The molecule has 0 unspecified atom stereocenters. The Labute approximate surface area is 227 Å². The van der Waals surface area contributed by atoms with Crippen LogP contribution in [0.15, 0.2) is 67.1 Å². The maximum Gasteiger partial charge on any atom is 0.220 e. The summed E-state index contributed by atoms with van der Waals surface area (Å²) in [4.78, 5) is 18.1. The molecule has 5 aromatic rings. The van der Waals surface area contributed by atoms with Crippen molar-refractivity contribution in [2.24, 2.45) is 11.7 Å². The zero-order valence-electron chi connectivity index (χ0n) is 22.0. The summed E-state index contributed by atoms with van der Waals surface area (Å²) in [7, 11) is 0. The van der Waals surface area contributed by atoms with Crippen LogP contribution in [-0.2, 0) is 17.8 Å². The number of carbonyl (C=O) groups is 1. The van der Waals surface area contributed by atoms with Crippen molar-refractivity contribution in [3.63, 3.8) is 0 Å². The third kappa shape index (κ3) is 5.35. The predicted molar refractivity (Wildman–Crippen MR) is 153 cm³/mol. The third-order valence-electron chi connectivity index (χ3n) is 7.86. The van der Waals surface area contributed by atoms with E-state index in [1.807, 2.05) is 27.4 Å². The minimum Gasteiger partial charge on any atom is -0.382 e. The number of nitrogens with two attached hydrogens (primary N) is 2. The van der Waals surface area contributed by atoms with Crippen LogP contribution in [0.2, 0.25) is 0 Å². The van der Waals surface area contributed by atoms with Crippen molar-refractivity contribution >= 4 is 28.1 Å². The number of anilines is 1. The topological polar surface area (TPSA) is 120 Å². The van der Waals surface area contributed by atoms with Crippen LogP contribution < -0.4 is 11.5 Å². The summed E-state index contributed by atoms with van der Waals surface area (Å²) in [5, 5.41) is 10.5. The first kappa shape index (κ1) is 25.1. The number of fused-ring (bicyclic) bond motifs is 2. The highest BCUT2D eigenvalue weighted by molar-refractivity contribution is 5.92. The van der Waals surface area contributed by atoms with Crippen molar-refractivity contribution in [1.82, 2.24) is 29.3 Å². The molecule has 2 aromatic carbocycles. The lowest BCUT2D eigenvalue weighted by Gasteiger charge is -2.30. The number of aryl methyl sites for hydroxylation is 1. The molecule has 6 rings (SSSR count). The first-order valence-electron chi connectivity index (χ1n) is 13.7. The van der Waals surface area contributed by atoms with Crippen LogP contribution in [0, 0.1) is 5.92 Å². The lowest BCUT2D eigenvalue weighted by Crippen LogP contribution is -2.38. The first-order chi connectivity index (χ1) is 19.0. The highest BCUT2D eigenvalue weighted by Crippen LogP contribution is 2.32. The molecule has 0 saturated carbocycles. The number of unbranched alkanes of at least 4 members (excludes halogenated alkanes) is 1. The summed E-state index contributed by atoms with van der Waals surface area (Å²) >= 11 is 0. The number of primary amides is 1. The molecule has 1 aliphatic heterocycles. The number of nitrogens with zero attached hydrogens (tertiary/aromatic N) is 6. The fourth-order valence-corrected chi connectivity index (χ4v) is 5.70. The van der Waals surface area contributed by atoms with Crippen molar-refractivity contribution in [3.8, 4) is 11.1 Å². The van der Waals surface area contributed by atoms with Gasteiger partial charge in [0.05, 0.1) is 12.1 Å². The van der Waals surface area contributed by atoms with Crippen LogP contribution in [0.25, 0.3) is 27.5 Å². The van der Waals surface area contributed by atoms with Crippen LogP contribution in [0.5, 0.6) is 0 Å². The van der Waals surface area contributed by atoms with E-state index < -0.39 is 0 Å². The Balaban J connectivity index is 1.18. The SMILES string of the molecule is NC(=O)C1CCN(CCCCc2cc(-c3ccc4cn(Cc5ccccc5)nc4c3)c3c(N)ncnn23)CC1. The van der Waals surface area contributed by atoms with Gasteiger partial charge in [-0.05, 0) is 75.0 Å². The van der Waals surface area contributed by atoms with E-state index >= 15 is 0 Å². The molecular formula is C30H34N8O. The van der Waals surface area contributed by atoms with E-state index in [9.17, 15) is 4.79 Å². The van der Waals surface area contributed by atoms with Crippen LogP contribution in [0.3, 0.4) is 0 Å². The van der Waals surface area contributed by atoms with Gasteiger partial charge in [-0.1, -0.05) is 42.5 Å². The zero-order chi connectivity index (χ0) is 26.8. The number of benzene rings is 2. The Morgan fingerprint density at radius 2 is 1.85 bits per heavy atom. The summed E-state index contributed by atoms with van der Waals surface area (Å²) in [6.07, 6.45) is 8.35. The fraction of sp³-hybridized carbons (Fsp3) is 0.333. The van der Waals surface area contributed by atoms with Gasteiger partial charge < -0.3 is 16.4 Å². The van der Waals surface area contributed by atoms with E-state index in [4.69, 9.17) is 16.6 Å². The number of piperidine rings is 1. The minimum absolute atomic E-state index is 0.0359. The molecule has 0 radical (unpaired) electrons. The summed E-state index contributed by atoms with van der Waals surface area (Å²) in [6, 6.07) is 18.9. The number of likely N-dealkylation sites (tertiary alicyclic amines) is 1. The van der Waals surface area contributed by atoms with Gasteiger partial charge in [-0.3, -0.25) is 9.48 Å². The van der Waals surface area contributed by atoms with E-state index in [1.165, 1.54) is 11.9 Å². The Hall–Kier alpha value is -4.24. The average Bonchev–Trinajstić information content (AvgIpc) is 3.53. The lowest BCUT2D eigenvalue weighted by molar-refractivity contribution is -0.123. The molecule has 200 valence electrons. The molecule has 9 nitrogen and oxygen atoms in total. The second-order valence-electron chi connectivity index (χ2n) is 10.5. The van der Waals surface area contributed by atoms with Crippen molar-refractivity contribution < 1.29 is 4.79 Å². The number of amides is 1. The zero-order valence-corrected chi connectivity index (χ0v) is 22.0. The van der Waals surface area contributed by atoms with Gasteiger partial charge in [-0.2, -0.15) is 10.2 Å². The van der Waals surface area contributed by atoms with Gasteiger partial charge >= 0.3 is 0 Å². The predicted octanol–water partition coefficient (Wildman–Crippen LogP) is 3.90. The van der Waals surface area contributed by atoms with Gasteiger partial charge in [0.25, 0.3) is 0 Å². The molecule has 1 amide bonds. The van der Waals surface area contributed by atoms with E-state index in [1.54, 1.807) is 0 Å². The van der Waals surface area contributed by atoms with E-state index in [0.717, 1.165) is 91.5 Å². The minimum atomic E-state index is -0.161. The van der Waals surface area contributed by atoms with Crippen LogP contribution in [0.4, 0.5) is 5.82 Å². The molecule has 3 aromatic heterocycles. The molecule has 4 N–H and O–H groups in total. The molecule has 1 aliphatic rings. The molecule has 39 heavy (non-hydrogen) atoms. The largest absolute Gasteiger partial charge is 0.382 e. The van der Waals surface area contributed by atoms with Crippen LogP contribution in [-0.4, -0.2) is 54.8 Å². The Kier molecular flexibility index (Phi) is 6.98. The number of nitrogen functional groups attached to an aromatic ring is 1. The molecule has 4 heterocycles. The number of aromatic nitrogens is 5. The average molecular weight is 523 g/mol. The maximum atomic E-state index is 11.4. The van der Waals surface area contributed by atoms with Crippen molar-refractivity contribution in [2.75, 3.05) is 25.4 Å². The van der Waals surface area contributed by atoms with Crippen molar-refractivity contribution in [3.05, 3.63) is 78.4 Å². The van der Waals surface area contributed by atoms with Gasteiger partial charge in [-0.15, -0.1) is 0 Å². The summed E-state index contributed by atoms with van der Waals surface area (Å²) in [5.74, 6) is 0.346. The van der Waals surface area contributed by atoms with Gasteiger partial charge in [-0.25, -0.2) is 9.50 Å². The summed E-state index contributed by atoms with van der Waals surface area (Å²) in [6.45, 7) is 3.65. The number of rotatable bonds is 9.